The number of aryl methyl sites for hydroxylation is 1. The number of hydrogen-bond acceptors (Lipinski definition) is 3. The van der Waals surface area contributed by atoms with Crippen LogP contribution in [0, 0.1) is 6.92 Å². The Labute approximate surface area is 141 Å². The molecule has 0 saturated carbocycles. The second-order valence-corrected chi connectivity index (χ2v) is 5.53. The lowest BCUT2D eigenvalue weighted by molar-refractivity contribution is 0.102. The second-order valence-electron chi connectivity index (χ2n) is 5.53. The molecule has 0 saturated heterocycles. The van der Waals surface area contributed by atoms with Gasteiger partial charge in [0.25, 0.3) is 5.91 Å². The smallest absolute Gasteiger partial charge is 0.259 e. The molecule has 0 bridgehead atoms. The number of methoxy groups -OCH3 is 1. The Kier molecular flexibility index (Phi) is 4.66. The molecule has 1 heterocycles. The van der Waals surface area contributed by atoms with Crippen LogP contribution in [-0.4, -0.2) is 13.0 Å². The van der Waals surface area contributed by atoms with Gasteiger partial charge in [0.05, 0.1) is 18.9 Å². The van der Waals surface area contributed by atoms with Crippen LogP contribution in [0.1, 0.15) is 27.2 Å². The highest BCUT2D eigenvalue weighted by molar-refractivity contribution is 6.04. The molecule has 0 spiro atoms. The first-order valence-corrected chi connectivity index (χ1v) is 7.73. The summed E-state index contributed by atoms with van der Waals surface area (Å²) < 4.78 is 10.6. The molecule has 3 aromatic rings. The summed E-state index contributed by atoms with van der Waals surface area (Å²) in [6, 6.07) is 17.5. The van der Waals surface area contributed by atoms with Crippen molar-refractivity contribution in [3.63, 3.8) is 0 Å². The van der Waals surface area contributed by atoms with Crippen molar-refractivity contribution in [1.82, 2.24) is 0 Å². The van der Waals surface area contributed by atoms with E-state index in [9.17, 15) is 4.79 Å². The lowest BCUT2D eigenvalue weighted by Crippen LogP contribution is -2.12. The lowest BCUT2D eigenvalue weighted by atomic mass is 10.0. The van der Waals surface area contributed by atoms with Crippen molar-refractivity contribution in [2.24, 2.45) is 0 Å². The monoisotopic (exact) mass is 321 g/mol. The largest absolute Gasteiger partial charge is 0.496 e. The zero-order valence-electron chi connectivity index (χ0n) is 13.7. The molecule has 0 aliphatic carbocycles. The van der Waals surface area contributed by atoms with Crippen molar-refractivity contribution in [2.75, 3.05) is 12.4 Å². The number of ether oxygens (including phenoxy) is 1. The number of carbonyl (C=O) groups is 1. The standard InChI is InChI=1S/C20H19NO3/c1-14-18(10-11-24-14)20(22)21-17-8-9-19(23-2)16(13-17)12-15-6-4-3-5-7-15/h3-11,13H,12H2,1-2H3,(H,21,22). The molecule has 1 amide bonds. The van der Waals surface area contributed by atoms with Gasteiger partial charge in [-0.3, -0.25) is 4.79 Å². The van der Waals surface area contributed by atoms with E-state index in [2.05, 4.69) is 17.4 Å². The molecule has 2 aromatic carbocycles. The van der Waals surface area contributed by atoms with Gasteiger partial charge in [0, 0.05) is 17.7 Å². The van der Waals surface area contributed by atoms with Gasteiger partial charge in [-0.1, -0.05) is 30.3 Å². The Bertz CT molecular complexity index is 837. The van der Waals surface area contributed by atoms with Gasteiger partial charge in [0.15, 0.2) is 0 Å². The molecule has 1 aromatic heterocycles. The molecule has 0 radical (unpaired) electrons. The molecule has 0 atom stereocenters. The number of anilines is 1. The maximum Gasteiger partial charge on any atom is 0.259 e. The summed E-state index contributed by atoms with van der Waals surface area (Å²) >= 11 is 0. The number of benzene rings is 2. The van der Waals surface area contributed by atoms with Crippen LogP contribution >= 0.6 is 0 Å². The quantitative estimate of drug-likeness (QED) is 0.756. The third kappa shape index (κ3) is 3.49. The van der Waals surface area contributed by atoms with Crippen LogP contribution in [0.2, 0.25) is 0 Å². The first kappa shape index (κ1) is 15.9. The van der Waals surface area contributed by atoms with Gasteiger partial charge in [-0.15, -0.1) is 0 Å². The first-order valence-electron chi connectivity index (χ1n) is 7.73. The topological polar surface area (TPSA) is 51.5 Å². The van der Waals surface area contributed by atoms with Gasteiger partial charge in [-0.05, 0) is 36.8 Å². The number of carbonyl (C=O) groups excluding carboxylic acids is 1. The van der Waals surface area contributed by atoms with Crippen molar-refractivity contribution in [2.45, 2.75) is 13.3 Å². The summed E-state index contributed by atoms with van der Waals surface area (Å²) in [6.45, 7) is 1.77. The molecule has 0 aliphatic heterocycles. The first-order chi connectivity index (χ1) is 11.7. The minimum Gasteiger partial charge on any atom is -0.496 e. The molecular formula is C20H19NO3. The van der Waals surface area contributed by atoms with Crippen LogP contribution < -0.4 is 10.1 Å². The van der Waals surface area contributed by atoms with Gasteiger partial charge >= 0.3 is 0 Å². The molecule has 3 rings (SSSR count). The van der Waals surface area contributed by atoms with Crippen LogP contribution in [0.25, 0.3) is 0 Å². The average molecular weight is 321 g/mol. The van der Waals surface area contributed by atoms with Crippen LogP contribution in [0.15, 0.2) is 65.3 Å². The molecular weight excluding hydrogens is 302 g/mol. The highest BCUT2D eigenvalue weighted by Gasteiger charge is 2.13. The Morgan fingerprint density at radius 2 is 1.92 bits per heavy atom. The van der Waals surface area contributed by atoms with Crippen molar-refractivity contribution in [1.29, 1.82) is 0 Å². The van der Waals surface area contributed by atoms with Crippen molar-refractivity contribution >= 4 is 11.6 Å². The van der Waals surface area contributed by atoms with E-state index in [1.54, 1.807) is 20.1 Å². The van der Waals surface area contributed by atoms with Gasteiger partial charge in [0.1, 0.15) is 11.5 Å². The summed E-state index contributed by atoms with van der Waals surface area (Å²) in [6.07, 6.45) is 2.25. The number of hydrogen-bond donors (Lipinski definition) is 1. The molecule has 122 valence electrons. The van der Waals surface area contributed by atoms with Crippen LogP contribution in [0.3, 0.4) is 0 Å². The molecule has 4 nitrogen and oxygen atoms in total. The lowest BCUT2D eigenvalue weighted by Gasteiger charge is -2.12. The fourth-order valence-corrected chi connectivity index (χ4v) is 2.63. The third-order valence-electron chi connectivity index (χ3n) is 3.88. The number of furan rings is 1. The molecule has 24 heavy (non-hydrogen) atoms. The van der Waals surface area contributed by atoms with Gasteiger partial charge < -0.3 is 14.5 Å². The molecule has 0 fully saturated rings. The number of amides is 1. The highest BCUT2D eigenvalue weighted by atomic mass is 16.5. The van der Waals surface area contributed by atoms with E-state index in [4.69, 9.17) is 9.15 Å². The fraction of sp³-hybridized carbons (Fsp3) is 0.150. The van der Waals surface area contributed by atoms with E-state index in [1.807, 2.05) is 36.4 Å². The molecule has 0 unspecified atom stereocenters. The van der Waals surface area contributed by atoms with E-state index >= 15 is 0 Å². The van der Waals surface area contributed by atoms with Crippen LogP contribution in [0.5, 0.6) is 5.75 Å². The maximum atomic E-state index is 12.3. The van der Waals surface area contributed by atoms with Crippen molar-refractivity contribution in [3.05, 3.63) is 83.3 Å². The third-order valence-corrected chi connectivity index (χ3v) is 3.88. The predicted molar refractivity (Wildman–Crippen MR) is 93.6 cm³/mol. The SMILES string of the molecule is COc1ccc(NC(=O)c2ccoc2C)cc1Cc1ccccc1. The summed E-state index contributed by atoms with van der Waals surface area (Å²) in [5.41, 5.74) is 3.47. The Morgan fingerprint density at radius 1 is 1.12 bits per heavy atom. The predicted octanol–water partition coefficient (Wildman–Crippen LogP) is 4.44. The van der Waals surface area contributed by atoms with E-state index in [1.165, 1.54) is 11.8 Å². The number of rotatable bonds is 5. The normalized spacial score (nSPS) is 10.4. The zero-order chi connectivity index (χ0) is 16.9. The van der Waals surface area contributed by atoms with Gasteiger partial charge in [-0.2, -0.15) is 0 Å². The van der Waals surface area contributed by atoms with Crippen molar-refractivity contribution in [3.8, 4) is 5.75 Å². The molecule has 4 heteroatoms. The zero-order valence-corrected chi connectivity index (χ0v) is 13.7. The Hall–Kier alpha value is -3.01. The Balaban J connectivity index is 1.83. The summed E-state index contributed by atoms with van der Waals surface area (Å²) in [5, 5.41) is 2.91. The summed E-state index contributed by atoms with van der Waals surface area (Å²) in [4.78, 5) is 12.3. The summed E-state index contributed by atoms with van der Waals surface area (Å²) in [7, 11) is 1.65. The van der Waals surface area contributed by atoms with E-state index < -0.39 is 0 Å². The van der Waals surface area contributed by atoms with Crippen LogP contribution in [-0.2, 0) is 6.42 Å². The fourth-order valence-electron chi connectivity index (χ4n) is 2.63. The van der Waals surface area contributed by atoms with E-state index in [0.29, 0.717) is 11.3 Å². The molecule has 0 aliphatic rings. The minimum atomic E-state index is -0.183. The number of nitrogens with one attached hydrogen (secondary N) is 1. The summed E-state index contributed by atoms with van der Waals surface area (Å²) in [5.74, 6) is 1.22. The highest BCUT2D eigenvalue weighted by Crippen LogP contribution is 2.26. The molecule has 1 N–H and O–H groups in total. The maximum absolute atomic E-state index is 12.3. The van der Waals surface area contributed by atoms with E-state index in [-0.39, 0.29) is 5.91 Å². The average Bonchev–Trinajstić information content (AvgIpc) is 3.02. The Morgan fingerprint density at radius 3 is 2.58 bits per heavy atom. The van der Waals surface area contributed by atoms with Crippen LogP contribution in [0.4, 0.5) is 5.69 Å². The minimum absolute atomic E-state index is 0.183. The van der Waals surface area contributed by atoms with Crippen molar-refractivity contribution < 1.29 is 13.9 Å². The van der Waals surface area contributed by atoms with E-state index in [0.717, 1.165) is 23.4 Å². The van der Waals surface area contributed by atoms with Gasteiger partial charge in [0.2, 0.25) is 0 Å². The second kappa shape index (κ2) is 7.04. The van der Waals surface area contributed by atoms with Gasteiger partial charge in [-0.25, -0.2) is 0 Å².